The van der Waals surface area contributed by atoms with Crippen molar-refractivity contribution in [1.29, 1.82) is 0 Å². The quantitative estimate of drug-likeness (QED) is 0.775. The molecule has 2 N–H and O–H groups in total. The normalized spacial score (nSPS) is 12.9. The van der Waals surface area contributed by atoms with Crippen LogP contribution in [0.25, 0.3) is 0 Å². The van der Waals surface area contributed by atoms with E-state index in [1.807, 2.05) is 4.68 Å². The van der Waals surface area contributed by atoms with Crippen LogP contribution in [0.3, 0.4) is 0 Å². The Hall–Kier alpha value is -1.03. The summed E-state index contributed by atoms with van der Waals surface area (Å²) in [6, 6.07) is 0. The van der Waals surface area contributed by atoms with Crippen LogP contribution in [-0.2, 0) is 6.54 Å². The van der Waals surface area contributed by atoms with Gasteiger partial charge in [-0.3, -0.25) is 4.68 Å². The third-order valence-electron chi connectivity index (χ3n) is 2.43. The number of nitrogens with two attached hydrogens (primary N) is 1. The lowest BCUT2D eigenvalue weighted by molar-refractivity contribution is 0.401. The minimum Gasteiger partial charge on any atom is -0.493 e. The lowest BCUT2D eigenvalue weighted by Crippen LogP contribution is -2.11. The summed E-state index contributed by atoms with van der Waals surface area (Å²) >= 11 is 0. The number of methoxy groups -OCH3 is 1. The summed E-state index contributed by atoms with van der Waals surface area (Å²) in [7, 11) is 1.68. The Morgan fingerprint density at radius 3 is 2.86 bits per heavy atom. The van der Waals surface area contributed by atoms with Crippen LogP contribution in [0.1, 0.15) is 31.9 Å². The molecule has 1 atom stereocenters. The third-order valence-corrected chi connectivity index (χ3v) is 2.43. The Kier molecular flexibility index (Phi) is 3.95. The average Bonchev–Trinajstić information content (AvgIpc) is 2.60. The second kappa shape index (κ2) is 5.00. The van der Waals surface area contributed by atoms with Crippen molar-refractivity contribution in [1.82, 2.24) is 9.78 Å². The van der Waals surface area contributed by atoms with E-state index in [1.54, 1.807) is 13.3 Å². The van der Waals surface area contributed by atoms with Crippen molar-refractivity contribution >= 4 is 0 Å². The molecule has 1 aromatic rings. The number of ether oxygens (including phenoxy) is 1. The van der Waals surface area contributed by atoms with Crippen molar-refractivity contribution in [2.45, 2.75) is 32.7 Å². The molecule has 4 nitrogen and oxygen atoms in total. The summed E-state index contributed by atoms with van der Waals surface area (Å²) in [5, 5.41) is 4.26. The highest BCUT2D eigenvalue weighted by atomic mass is 16.5. The van der Waals surface area contributed by atoms with Gasteiger partial charge in [-0.15, -0.1) is 0 Å². The maximum Gasteiger partial charge on any atom is 0.160 e. The van der Waals surface area contributed by atoms with Gasteiger partial charge in [0.15, 0.2) is 5.75 Å². The summed E-state index contributed by atoms with van der Waals surface area (Å²) < 4.78 is 7.24. The van der Waals surface area contributed by atoms with Crippen molar-refractivity contribution in [2.24, 2.45) is 5.73 Å². The molecule has 0 saturated heterocycles. The molecule has 0 radical (unpaired) electrons. The SMILES string of the molecule is CCn1ncc(OC)c1C(C)CCN. The van der Waals surface area contributed by atoms with Crippen LogP contribution >= 0.6 is 0 Å². The van der Waals surface area contributed by atoms with Gasteiger partial charge in [-0.2, -0.15) is 5.10 Å². The molecular formula is C10H19N3O. The predicted octanol–water partition coefficient (Wildman–Crippen LogP) is 1.36. The first-order chi connectivity index (χ1) is 6.74. The van der Waals surface area contributed by atoms with Gasteiger partial charge in [0.1, 0.15) is 0 Å². The summed E-state index contributed by atoms with van der Waals surface area (Å²) in [6.07, 6.45) is 2.73. The Balaban J connectivity index is 2.95. The molecule has 14 heavy (non-hydrogen) atoms. The number of hydrogen-bond donors (Lipinski definition) is 1. The van der Waals surface area contributed by atoms with Gasteiger partial charge in [-0.05, 0) is 19.9 Å². The molecule has 80 valence electrons. The van der Waals surface area contributed by atoms with Gasteiger partial charge in [-0.25, -0.2) is 0 Å². The van der Waals surface area contributed by atoms with Crippen LogP contribution in [-0.4, -0.2) is 23.4 Å². The Labute approximate surface area is 85.0 Å². The summed E-state index contributed by atoms with van der Waals surface area (Å²) in [5.41, 5.74) is 6.70. The van der Waals surface area contributed by atoms with Crippen molar-refractivity contribution in [3.8, 4) is 5.75 Å². The van der Waals surface area contributed by atoms with E-state index >= 15 is 0 Å². The zero-order chi connectivity index (χ0) is 10.6. The lowest BCUT2D eigenvalue weighted by atomic mass is 10.0. The first-order valence-electron chi connectivity index (χ1n) is 5.04. The maximum atomic E-state index is 5.55. The molecule has 0 aliphatic heterocycles. The molecule has 0 amide bonds. The minimum absolute atomic E-state index is 0.400. The van der Waals surface area contributed by atoms with E-state index in [0.29, 0.717) is 12.5 Å². The van der Waals surface area contributed by atoms with E-state index in [-0.39, 0.29) is 0 Å². The standard InChI is InChI=1S/C10H19N3O/c1-4-13-10(8(2)5-6-11)9(14-3)7-12-13/h7-8H,4-6,11H2,1-3H3. The molecular weight excluding hydrogens is 178 g/mol. The molecule has 0 bridgehead atoms. The molecule has 1 unspecified atom stereocenters. The minimum atomic E-state index is 0.400. The zero-order valence-corrected chi connectivity index (χ0v) is 9.16. The fraction of sp³-hybridized carbons (Fsp3) is 0.700. The van der Waals surface area contributed by atoms with Crippen molar-refractivity contribution < 1.29 is 4.74 Å². The van der Waals surface area contributed by atoms with E-state index in [9.17, 15) is 0 Å². The van der Waals surface area contributed by atoms with Gasteiger partial charge >= 0.3 is 0 Å². The molecule has 0 aliphatic rings. The van der Waals surface area contributed by atoms with Crippen LogP contribution in [0.5, 0.6) is 5.75 Å². The van der Waals surface area contributed by atoms with Crippen molar-refractivity contribution in [3.05, 3.63) is 11.9 Å². The van der Waals surface area contributed by atoms with E-state index in [4.69, 9.17) is 10.5 Å². The molecule has 1 rings (SSSR count). The van der Waals surface area contributed by atoms with Gasteiger partial charge in [0, 0.05) is 12.5 Å². The van der Waals surface area contributed by atoms with Crippen LogP contribution in [0.4, 0.5) is 0 Å². The Morgan fingerprint density at radius 1 is 1.64 bits per heavy atom. The highest BCUT2D eigenvalue weighted by molar-refractivity contribution is 5.28. The van der Waals surface area contributed by atoms with E-state index in [0.717, 1.165) is 24.4 Å². The van der Waals surface area contributed by atoms with Gasteiger partial charge in [0.25, 0.3) is 0 Å². The fourth-order valence-corrected chi connectivity index (χ4v) is 1.67. The van der Waals surface area contributed by atoms with E-state index < -0.39 is 0 Å². The molecule has 0 saturated carbocycles. The highest BCUT2D eigenvalue weighted by Crippen LogP contribution is 2.27. The summed E-state index contributed by atoms with van der Waals surface area (Å²) in [4.78, 5) is 0. The second-order valence-electron chi connectivity index (χ2n) is 3.39. The molecule has 1 heterocycles. The Bertz CT molecular complexity index is 261. The van der Waals surface area contributed by atoms with Crippen LogP contribution in [0.15, 0.2) is 6.20 Å². The molecule has 1 aromatic heterocycles. The van der Waals surface area contributed by atoms with Crippen molar-refractivity contribution in [3.63, 3.8) is 0 Å². The Morgan fingerprint density at radius 2 is 2.36 bits per heavy atom. The molecule has 0 aliphatic carbocycles. The topological polar surface area (TPSA) is 53.1 Å². The first-order valence-corrected chi connectivity index (χ1v) is 5.04. The van der Waals surface area contributed by atoms with Crippen LogP contribution in [0, 0.1) is 0 Å². The van der Waals surface area contributed by atoms with Crippen LogP contribution in [0.2, 0.25) is 0 Å². The van der Waals surface area contributed by atoms with Gasteiger partial charge in [0.05, 0.1) is 19.0 Å². The van der Waals surface area contributed by atoms with Gasteiger partial charge < -0.3 is 10.5 Å². The fourth-order valence-electron chi connectivity index (χ4n) is 1.67. The predicted molar refractivity (Wildman–Crippen MR) is 56.5 cm³/mol. The lowest BCUT2D eigenvalue weighted by Gasteiger charge is -2.13. The monoisotopic (exact) mass is 197 g/mol. The molecule has 0 spiro atoms. The van der Waals surface area contributed by atoms with Gasteiger partial charge in [0.2, 0.25) is 0 Å². The number of rotatable bonds is 5. The number of aromatic nitrogens is 2. The van der Waals surface area contributed by atoms with Crippen molar-refractivity contribution in [2.75, 3.05) is 13.7 Å². The molecule has 4 heteroatoms. The molecule has 0 aromatic carbocycles. The van der Waals surface area contributed by atoms with Gasteiger partial charge in [-0.1, -0.05) is 6.92 Å². The molecule has 0 fully saturated rings. The van der Waals surface area contributed by atoms with E-state index in [2.05, 4.69) is 18.9 Å². The maximum absolute atomic E-state index is 5.55. The first kappa shape index (κ1) is 11.0. The number of nitrogens with zero attached hydrogens (tertiary/aromatic N) is 2. The van der Waals surface area contributed by atoms with E-state index in [1.165, 1.54) is 0 Å². The number of aryl methyl sites for hydroxylation is 1. The second-order valence-corrected chi connectivity index (χ2v) is 3.39. The summed E-state index contributed by atoms with van der Waals surface area (Å²) in [5.74, 6) is 1.27. The highest BCUT2D eigenvalue weighted by Gasteiger charge is 2.16. The van der Waals surface area contributed by atoms with Crippen LogP contribution < -0.4 is 10.5 Å². The smallest absolute Gasteiger partial charge is 0.160 e. The largest absolute Gasteiger partial charge is 0.493 e. The summed E-state index contributed by atoms with van der Waals surface area (Å²) in [6.45, 7) is 5.79. The zero-order valence-electron chi connectivity index (χ0n) is 9.16. The third kappa shape index (κ3) is 2.07. The number of hydrogen-bond acceptors (Lipinski definition) is 3. The average molecular weight is 197 g/mol.